The van der Waals surface area contributed by atoms with Gasteiger partial charge < -0.3 is 0 Å². The number of nitriles is 1. The number of thiazole rings is 1. The van der Waals surface area contributed by atoms with Crippen LogP contribution < -0.4 is 4.31 Å². The highest BCUT2D eigenvalue weighted by molar-refractivity contribution is 7.92. The molecule has 3 aromatic rings. The Hall–Kier alpha value is -2.69. The highest BCUT2D eigenvalue weighted by atomic mass is 32.2. The summed E-state index contributed by atoms with van der Waals surface area (Å²) < 4.78 is 27.5. The van der Waals surface area contributed by atoms with Crippen molar-refractivity contribution in [1.29, 1.82) is 5.26 Å². The summed E-state index contributed by atoms with van der Waals surface area (Å²) in [6.07, 6.45) is 0.656. The molecule has 5 nitrogen and oxygen atoms in total. The fraction of sp³-hybridized carbons (Fsp3) is 0.158. The molecule has 0 N–H and O–H groups in total. The smallest absolute Gasteiger partial charge is 0.264 e. The third-order valence-electron chi connectivity index (χ3n) is 4.40. The number of rotatable bonds is 3. The second-order valence-corrected chi connectivity index (χ2v) is 8.99. The van der Waals surface area contributed by atoms with E-state index in [2.05, 4.69) is 4.98 Å². The first-order chi connectivity index (χ1) is 12.5. The van der Waals surface area contributed by atoms with E-state index >= 15 is 0 Å². The summed E-state index contributed by atoms with van der Waals surface area (Å²) in [5.74, 6) is 0. The van der Waals surface area contributed by atoms with Crippen molar-refractivity contribution in [2.75, 3.05) is 10.8 Å². The lowest BCUT2D eigenvalue weighted by Crippen LogP contribution is -2.29. The van der Waals surface area contributed by atoms with Crippen molar-refractivity contribution in [3.05, 3.63) is 64.0 Å². The van der Waals surface area contributed by atoms with Crippen LogP contribution in [-0.4, -0.2) is 19.9 Å². The molecule has 1 aliphatic heterocycles. The Kier molecular flexibility index (Phi) is 4.02. The molecule has 7 heteroatoms. The van der Waals surface area contributed by atoms with E-state index in [1.165, 1.54) is 16.4 Å². The van der Waals surface area contributed by atoms with Crippen LogP contribution in [-0.2, 0) is 16.4 Å². The number of hydrogen-bond acceptors (Lipinski definition) is 5. The van der Waals surface area contributed by atoms with Crippen molar-refractivity contribution in [1.82, 2.24) is 4.98 Å². The Morgan fingerprint density at radius 3 is 2.81 bits per heavy atom. The SMILES string of the molecule is Cc1nc(-c2ccc3c(c2)CCN3S(=O)(=O)c2cccc(C#N)c2)cs1. The molecular weight excluding hydrogens is 366 g/mol. The van der Waals surface area contributed by atoms with Crippen LogP contribution in [0.15, 0.2) is 52.7 Å². The maximum absolute atomic E-state index is 13.0. The number of hydrogen-bond donors (Lipinski definition) is 0. The van der Waals surface area contributed by atoms with Crippen LogP contribution in [0.2, 0.25) is 0 Å². The maximum atomic E-state index is 13.0. The summed E-state index contributed by atoms with van der Waals surface area (Å²) in [5.41, 5.74) is 3.94. The lowest BCUT2D eigenvalue weighted by Gasteiger charge is -2.19. The highest BCUT2D eigenvalue weighted by Crippen LogP contribution is 2.36. The molecule has 0 spiro atoms. The number of aromatic nitrogens is 1. The van der Waals surface area contributed by atoms with Gasteiger partial charge in [-0.2, -0.15) is 5.26 Å². The average Bonchev–Trinajstić information content (AvgIpc) is 3.27. The standard InChI is InChI=1S/C19H15N3O2S2/c1-13-21-18(12-25-13)15-5-6-19-16(10-15)7-8-22(19)26(23,24)17-4-2-3-14(9-17)11-20/h2-6,9-10,12H,7-8H2,1H3. The van der Waals surface area contributed by atoms with E-state index in [1.807, 2.05) is 36.6 Å². The fourth-order valence-electron chi connectivity index (χ4n) is 3.13. The molecule has 26 heavy (non-hydrogen) atoms. The molecule has 0 saturated carbocycles. The van der Waals surface area contributed by atoms with Gasteiger partial charge in [-0.1, -0.05) is 12.1 Å². The molecule has 2 heterocycles. The minimum absolute atomic E-state index is 0.142. The number of fused-ring (bicyclic) bond motifs is 1. The Bertz CT molecular complexity index is 1140. The van der Waals surface area contributed by atoms with Gasteiger partial charge >= 0.3 is 0 Å². The molecule has 1 aromatic heterocycles. The van der Waals surface area contributed by atoms with Gasteiger partial charge in [0, 0.05) is 17.5 Å². The lowest BCUT2D eigenvalue weighted by molar-refractivity contribution is 0.592. The molecule has 0 radical (unpaired) electrons. The molecular formula is C19H15N3O2S2. The quantitative estimate of drug-likeness (QED) is 0.693. The van der Waals surface area contributed by atoms with Crippen LogP contribution in [0.25, 0.3) is 11.3 Å². The topological polar surface area (TPSA) is 74.1 Å². The van der Waals surface area contributed by atoms with Crippen molar-refractivity contribution in [3.63, 3.8) is 0 Å². The van der Waals surface area contributed by atoms with Crippen molar-refractivity contribution >= 4 is 27.0 Å². The molecule has 0 bridgehead atoms. The Morgan fingerprint density at radius 1 is 1.23 bits per heavy atom. The third-order valence-corrected chi connectivity index (χ3v) is 6.98. The molecule has 1 aliphatic rings. The highest BCUT2D eigenvalue weighted by Gasteiger charge is 2.31. The van der Waals surface area contributed by atoms with Crippen molar-refractivity contribution in [2.45, 2.75) is 18.2 Å². The van der Waals surface area contributed by atoms with Gasteiger partial charge in [0.2, 0.25) is 0 Å². The Balaban J connectivity index is 1.72. The van der Waals surface area contributed by atoms with Crippen LogP contribution >= 0.6 is 11.3 Å². The molecule has 0 amide bonds. The first kappa shape index (κ1) is 16.8. The van der Waals surface area contributed by atoms with Gasteiger partial charge in [-0.25, -0.2) is 13.4 Å². The van der Waals surface area contributed by atoms with E-state index in [0.717, 1.165) is 21.8 Å². The van der Waals surface area contributed by atoms with E-state index in [9.17, 15) is 8.42 Å². The molecule has 4 rings (SSSR count). The zero-order valence-electron chi connectivity index (χ0n) is 14.0. The first-order valence-corrected chi connectivity index (χ1v) is 10.4. The molecule has 0 saturated heterocycles. The maximum Gasteiger partial charge on any atom is 0.264 e. The van der Waals surface area contributed by atoms with Crippen LogP contribution in [0.1, 0.15) is 16.1 Å². The molecule has 2 aromatic carbocycles. The Morgan fingerprint density at radius 2 is 2.08 bits per heavy atom. The molecule has 0 unspecified atom stereocenters. The minimum Gasteiger partial charge on any atom is -0.266 e. The fourth-order valence-corrected chi connectivity index (χ4v) is 5.30. The van der Waals surface area contributed by atoms with Crippen LogP contribution in [0, 0.1) is 18.3 Å². The van der Waals surface area contributed by atoms with E-state index in [1.54, 1.807) is 23.5 Å². The van der Waals surface area contributed by atoms with Gasteiger partial charge in [-0.15, -0.1) is 11.3 Å². The van der Waals surface area contributed by atoms with Crippen LogP contribution in [0.4, 0.5) is 5.69 Å². The number of nitrogens with zero attached hydrogens (tertiary/aromatic N) is 3. The van der Waals surface area contributed by atoms with E-state index in [0.29, 0.717) is 24.2 Å². The molecule has 0 fully saturated rings. The normalized spacial score (nSPS) is 13.5. The van der Waals surface area contributed by atoms with Gasteiger partial charge in [-0.3, -0.25) is 4.31 Å². The number of aryl methyl sites for hydroxylation is 1. The summed E-state index contributed by atoms with van der Waals surface area (Å²) in [7, 11) is -3.69. The number of sulfonamides is 1. The van der Waals surface area contributed by atoms with Crippen molar-refractivity contribution in [3.8, 4) is 17.3 Å². The zero-order valence-corrected chi connectivity index (χ0v) is 15.6. The monoisotopic (exact) mass is 381 g/mol. The lowest BCUT2D eigenvalue weighted by atomic mass is 10.1. The molecule has 0 atom stereocenters. The van der Waals surface area contributed by atoms with E-state index in [-0.39, 0.29) is 4.90 Å². The zero-order chi connectivity index (χ0) is 18.3. The van der Waals surface area contributed by atoms with Crippen molar-refractivity contribution < 1.29 is 8.42 Å². The van der Waals surface area contributed by atoms with Gasteiger partial charge in [0.05, 0.1) is 32.9 Å². The summed E-state index contributed by atoms with van der Waals surface area (Å²) in [4.78, 5) is 4.64. The first-order valence-electron chi connectivity index (χ1n) is 8.07. The second-order valence-electron chi connectivity index (χ2n) is 6.06. The van der Waals surface area contributed by atoms with Crippen LogP contribution in [0.3, 0.4) is 0 Å². The van der Waals surface area contributed by atoms with Gasteiger partial charge in [0.15, 0.2) is 0 Å². The van der Waals surface area contributed by atoms with Crippen LogP contribution in [0.5, 0.6) is 0 Å². The van der Waals surface area contributed by atoms with Gasteiger partial charge in [0.1, 0.15) is 0 Å². The molecule has 0 aliphatic carbocycles. The van der Waals surface area contributed by atoms with E-state index in [4.69, 9.17) is 5.26 Å². The average molecular weight is 381 g/mol. The Labute approximate surface area is 156 Å². The number of anilines is 1. The minimum atomic E-state index is -3.69. The molecule has 130 valence electrons. The predicted octanol–water partition coefficient (Wildman–Crippen LogP) is 3.74. The van der Waals surface area contributed by atoms with E-state index < -0.39 is 10.0 Å². The summed E-state index contributed by atoms with van der Waals surface area (Å²) >= 11 is 1.59. The number of benzene rings is 2. The second kappa shape index (κ2) is 6.24. The summed E-state index contributed by atoms with van der Waals surface area (Å²) in [5, 5.41) is 12.0. The summed E-state index contributed by atoms with van der Waals surface area (Å²) in [6, 6.07) is 13.9. The van der Waals surface area contributed by atoms with Crippen molar-refractivity contribution in [2.24, 2.45) is 0 Å². The predicted molar refractivity (Wildman–Crippen MR) is 102 cm³/mol. The largest absolute Gasteiger partial charge is 0.266 e. The third kappa shape index (κ3) is 2.77. The van der Waals surface area contributed by atoms with Gasteiger partial charge in [-0.05, 0) is 49.2 Å². The summed E-state index contributed by atoms with van der Waals surface area (Å²) in [6.45, 7) is 2.36. The van der Waals surface area contributed by atoms with Gasteiger partial charge in [0.25, 0.3) is 10.0 Å².